The van der Waals surface area contributed by atoms with Crippen molar-refractivity contribution in [3.8, 4) is 0 Å². The monoisotopic (exact) mass is 285 g/mol. The number of pyridine rings is 1. The summed E-state index contributed by atoms with van der Waals surface area (Å²) >= 11 is 7.83. The molecule has 1 saturated heterocycles. The minimum Gasteiger partial charge on any atom is -0.384 e. The number of carbonyl (C=O) groups is 1. The van der Waals surface area contributed by atoms with Crippen LogP contribution in [-0.4, -0.2) is 27.9 Å². The van der Waals surface area contributed by atoms with Gasteiger partial charge in [-0.05, 0) is 37.7 Å². The number of hydrogen-bond donors (Lipinski definition) is 2. The third-order valence-electron chi connectivity index (χ3n) is 3.01. The molecule has 0 bridgehead atoms. The van der Waals surface area contributed by atoms with Gasteiger partial charge in [0.05, 0.1) is 5.02 Å². The zero-order valence-corrected chi connectivity index (χ0v) is 11.8. The zero-order valence-electron chi connectivity index (χ0n) is 10.2. The van der Waals surface area contributed by atoms with Crippen LogP contribution < -0.4 is 11.1 Å². The summed E-state index contributed by atoms with van der Waals surface area (Å²) in [6.07, 6.45) is 2.32. The van der Waals surface area contributed by atoms with Gasteiger partial charge in [-0.25, -0.2) is 4.98 Å². The number of aromatic nitrogens is 1. The third kappa shape index (κ3) is 3.09. The lowest BCUT2D eigenvalue weighted by Gasteiger charge is -2.22. The molecule has 18 heavy (non-hydrogen) atoms. The minimum absolute atomic E-state index is 0.127. The summed E-state index contributed by atoms with van der Waals surface area (Å²) in [5.41, 5.74) is 5.75. The molecule has 1 amide bonds. The van der Waals surface area contributed by atoms with E-state index in [2.05, 4.69) is 17.2 Å². The van der Waals surface area contributed by atoms with Crippen molar-refractivity contribution in [3.63, 3.8) is 0 Å². The van der Waals surface area contributed by atoms with Gasteiger partial charge in [-0.3, -0.25) is 4.79 Å². The molecular weight excluding hydrogens is 270 g/mol. The van der Waals surface area contributed by atoms with Gasteiger partial charge < -0.3 is 11.1 Å². The Labute approximate surface area is 116 Å². The summed E-state index contributed by atoms with van der Waals surface area (Å²) in [4.78, 5) is 16.0. The van der Waals surface area contributed by atoms with Crippen molar-refractivity contribution in [1.29, 1.82) is 0 Å². The van der Waals surface area contributed by atoms with E-state index >= 15 is 0 Å². The van der Waals surface area contributed by atoms with Gasteiger partial charge in [0.15, 0.2) is 0 Å². The first-order valence-corrected chi connectivity index (χ1v) is 7.21. The summed E-state index contributed by atoms with van der Waals surface area (Å²) < 4.78 is 0.127. The number of nitrogens with one attached hydrogen (secondary N) is 1. The number of hydrogen-bond acceptors (Lipinski definition) is 4. The molecule has 2 heterocycles. The number of anilines is 1. The maximum absolute atomic E-state index is 12.0. The predicted octanol–water partition coefficient (Wildman–Crippen LogP) is 2.33. The van der Waals surface area contributed by atoms with E-state index in [0.717, 1.165) is 12.2 Å². The summed E-state index contributed by atoms with van der Waals surface area (Å²) in [6, 6.07) is 3.16. The van der Waals surface area contributed by atoms with E-state index in [1.54, 1.807) is 12.1 Å². The zero-order chi connectivity index (χ0) is 13.2. The maximum atomic E-state index is 12.0. The van der Waals surface area contributed by atoms with Crippen LogP contribution in [0.15, 0.2) is 12.1 Å². The normalized spacial score (nSPS) is 23.0. The van der Waals surface area contributed by atoms with Crippen molar-refractivity contribution in [2.45, 2.75) is 24.5 Å². The van der Waals surface area contributed by atoms with E-state index in [-0.39, 0.29) is 16.3 Å². The van der Waals surface area contributed by atoms with E-state index in [1.165, 1.54) is 6.42 Å². The molecule has 6 heteroatoms. The Morgan fingerprint density at radius 3 is 3.11 bits per heavy atom. The number of carbonyl (C=O) groups excluding carboxylic acids is 1. The summed E-state index contributed by atoms with van der Waals surface area (Å²) in [7, 11) is 0. The van der Waals surface area contributed by atoms with Crippen molar-refractivity contribution < 1.29 is 4.79 Å². The topological polar surface area (TPSA) is 68.0 Å². The molecule has 1 aliphatic rings. The summed E-state index contributed by atoms with van der Waals surface area (Å²) in [5, 5.41) is 3.21. The molecule has 1 aliphatic heterocycles. The molecule has 0 aromatic carbocycles. The lowest BCUT2D eigenvalue weighted by Crippen LogP contribution is -2.37. The Morgan fingerprint density at radius 1 is 1.67 bits per heavy atom. The molecule has 0 saturated carbocycles. The van der Waals surface area contributed by atoms with Crippen molar-refractivity contribution >= 4 is 35.1 Å². The van der Waals surface area contributed by atoms with Crippen molar-refractivity contribution in [1.82, 2.24) is 10.3 Å². The van der Waals surface area contributed by atoms with Gasteiger partial charge in [0.25, 0.3) is 5.91 Å². The van der Waals surface area contributed by atoms with Crippen LogP contribution in [-0.2, 0) is 0 Å². The van der Waals surface area contributed by atoms with E-state index in [4.69, 9.17) is 17.3 Å². The van der Waals surface area contributed by atoms with E-state index < -0.39 is 0 Å². The molecular formula is C12H16ClN3OS. The Bertz CT molecular complexity index is 461. The average molecular weight is 286 g/mol. The molecule has 1 fully saturated rings. The second-order valence-electron chi connectivity index (χ2n) is 4.65. The van der Waals surface area contributed by atoms with Crippen LogP contribution in [0.4, 0.5) is 5.82 Å². The van der Waals surface area contributed by atoms with Gasteiger partial charge >= 0.3 is 0 Å². The van der Waals surface area contributed by atoms with Crippen LogP contribution >= 0.6 is 23.4 Å². The van der Waals surface area contributed by atoms with Crippen molar-refractivity contribution in [2.75, 3.05) is 18.0 Å². The Balaban J connectivity index is 2.01. The summed E-state index contributed by atoms with van der Waals surface area (Å²) in [6.45, 7) is 2.79. The first kappa shape index (κ1) is 13.5. The third-order valence-corrected chi connectivity index (χ3v) is 4.85. The van der Waals surface area contributed by atoms with Gasteiger partial charge in [-0.15, -0.1) is 0 Å². The van der Waals surface area contributed by atoms with Gasteiger partial charge in [-0.2, -0.15) is 11.8 Å². The maximum Gasteiger partial charge on any atom is 0.271 e. The number of nitrogens with zero attached hydrogens (tertiary/aromatic N) is 1. The molecule has 3 N–H and O–H groups in total. The number of halogens is 1. The van der Waals surface area contributed by atoms with Crippen molar-refractivity contribution in [3.05, 3.63) is 22.8 Å². The first-order valence-electron chi connectivity index (χ1n) is 5.84. The van der Waals surface area contributed by atoms with Crippen LogP contribution in [0.5, 0.6) is 0 Å². The molecule has 1 aromatic heterocycles. The average Bonchev–Trinajstić information content (AvgIpc) is 2.77. The fourth-order valence-corrected chi connectivity index (χ4v) is 3.38. The predicted molar refractivity (Wildman–Crippen MR) is 76.1 cm³/mol. The Hall–Kier alpha value is -0.940. The highest BCUT2D eigenvalue weighted by Gasteiger charge is 2.30. The quantitative estimate of drug-likeness (QED) is 0.894. The van der Waals surface area contributed by atoms with Crippen LogP contribution in [0.3, 0.4) is 0 Å². The van der Waals surface area contributed by atoms with Gasteiger partial charge in [0.2, 0.25) is 0 Å². The molecule has 0 radical (unpaired) electrons. The molecule has 4 nitrogen and oxygen atoms in total. The second kappa shape index (κ2) is 5.36. The van der Waals surface area contributed by atoms with Crippen molar-refractivity contribution in [2.24, 2.45) is 0 Å². The lowest BCUT2D eigenvalue weighted by atomic mass is 10.1. The first-order chi connectivity index (χ1) is 8.50. The van der Waals surface area contributed by atoms with Crippen LogP contribution in [0.25, 0.3) is 0 Å². The highest BCUT2D eigenvalue weighted by Crippen LogP contribution is 2.37. The number of amides is 1. The van der Waals surface area contributed by atoms with Gasteiger partial charge in [0, 0.05) is 11.3 Å². The summed E-state index contributed by atoms with van der Waals surface area (Å²) in [5.74, 6) is 1.19. The minimum atomic E-state index is -0.263. The highest BCUT2D eigenvalue weighted by molar-refractivity contribution is 8.00. The molecule has 98 valence electrons. The van der Waals surface area contributed by atoms with E-state index in [0.29, 0.717) is 17.4 Å². The lowest BCUT2D eigenvalue weighted by molar-refractivity contribution is 0.0945. The number of nitrogen functional groups attached to an aromatic ring is 1. The molecule has 0 aliphatic carbocycles. The number of rotatable bonds is 3. The van der Waals surface area contributed by atoms with Gasteiger partial charge in [-0.1, -0.05) is 11.6 Å². The fraction of sp³-hybridized carbons (Fsp3) is 0.500. The Kier molecular flexibility index (Phi) is 4.02. The van der Waals surface area contributed by atoms with Crippen LogP contribution in [0, 0.1) is 0 Å². The fourth-order valence-electron chi connectivity index (χ4n) is 1.94. The SMILES string of the molecule is CC1(CNC(=O)c2nc(N)ccc2Cl)CCCS1. The molecule has 0 spiro atoms. The van der Waals surface area contributed by atoms with E-state index in [9.17, 15) is 4.79 Å². The second-order valence-corrected chi connectivity index (χ2v) is 6.74. The van der Waals surface area contributed by atoms with Crippen LogP contribution in [0.1, 0.15) is 30.3 Å². The largest absolute Gasteiger partial charge is 0.384 e. The molecule has 1 aromatic rings. The van der Waals surface area contributed by atoms with E-state index in [1.807, 2.05) is 11.8 Å². The number of thioether (sulfide) groups is 1. The highest BCUT2D eigenvalue weighted by atomic mass is 35.5. The smallest absolute Gasteiger partial charge is 0.271 e. The Morgan fingerprint density at radius 2 is 2.44 bits per heavy atom. The molecule has 1 unspecified atom stereocenters. The molecule has 1 atom stereocenters. The molecule has 2 rings (SSSR count). The van der Waals surface area contributed by atoms with Gasteiger partial charge in [0.1, 0.15) is 11.5 Å². The van der Waals surface area contributed by atoms with Crippen LogP contribution in [0.2, 0.25) is 5.02 Å². The standard InChI is InChI=1S/C12H16ClN3OS/c1-12(5-2-6-18-12)7-15-11(17)10-8(13)3-4-9(14)16-10/h3-4H,2,5-7H2,1H3,(H2,14,16)(H,15,17). The number of nitrogens with two attached hydrogens (primary N) is 1.